The highest BCUT2D eigenvalue weighted by molar-refractivity contribution is 7.71. The van der Waals surface area contributed by atoms with Gasteiger partial charge in [0.25, 0.3) is 5.91 Å². The number of hydrogen-bond acceptors (Lipinski definition) is 3. The summed E-state index contributed by atoms with van der Waals surface area (Å²) >= 11 is 5.20. The fraction of sp³-hybridized carbons (Fsp3) is 0.0588. The molecule has 1 amide bonds. The van der Waals surface area contributed by atoms with Crippen LogP contribution in [-0.2, 0) is 0 Å². The third-order valence-corrected chi connectivity index (χ3v) is 3.65. The molecule has 0 aliphatic rings. The number of para-hydroxylation sites is 1. The van der Waals surface area contributed by atoms with Gasteiger partial charge in [-0.1, -0.05) is 24.3 Å². The van der Waals surface area contributed by atoms with Crippen LogP contribution < -0.4 is 10.1 Å². The number of aromatic nitrogens is 2. The number of carbonyl (C=O) groups is 1. The highest BCUT2D eigenvalue weighted by Crippen LogP contribution is 2.25. The number of rotatable bonds is 4. The molecule has 9 heteroatoms. The molecule has 0 bridgehead atoms. The molecule has 0 spiro atoms. The average molecular weight is 379 g/mol. The minimum atomic E-state index is -4.81. The predicted molar refractivity (Wildman–Crippen MR) is 92.0 cm³/mol. The normalized spacial score (nSPS) is 11.2. The summed E-state index contributed by atoms with van der Waals surface area (Å²) in [6.07, 6.45) is -3.38. The van der Waals surface area contributed by atoms with Gasteiger partial charge in [0, 0.05) is 23.6 Å². The van der Waals surface area contributed by atoms with Gasteiger partial charge in [0.1, 0.15) is 11.4 Å². The molecule has 1 aromatic heterocycles. The van der Waals surface area contributed by atoms with Gasteiger partial charge in [-0.25, -0.2) is 0 Å². The molecule has 134 valence electrons. The van der Waals surface area contributed by atoms with Crippen molar-refractivity contribution in [3.05, 3.63) is 71.3 Å². The molecular weight excluding hydrogens is 367 g/mol. The van der Waals surface area contributed by atoms with Crippen LogP contribution in [0.2, 0.25) is 0 Å². The zero-order valence-corrected chi connectivity index (χ0v) is 13.9. The smallest absolute Gasteiger partial charge is 0.406 e. The molecule has 0 saturated carbocycles. The zero-order chi connectivity index (χ0) is 18.7. The van der Waals surface area contributed by atoms with Gasteiger partial charge in [-0.3, -0.25) is 9.36 Å². The Labute approximate surface area is 151 Å². The number of amides is 1. The van der Waals surface area contributed by atoms with E-state index < -0.39 is 18.0 Å². The topological polar surface area (TPSA) is 59.0 Å². The number of carbonyl (C=O) groups excluding carboxylic acids is 1. The van der Waals surface area contributed by atoms with Crippen molar-refractivity contribution in [2.75, 3.05) is 5.32 Å². The van der Waals surface area contributed by atoms with E-state index in [4.69, 9.17) is 12.2 Å². The molecule has 26 heavy (non-hydrogen) atoms. The van der Waals surface area contributed by atoms with Crippen molar-refractivity contribution < 1.29 is 22.7 Å². The number of nitrogens with one attached hydrogen (secondary N) is 2. The van der Waals surface area contributed by atoms with Crippen LogP contribution in [0.4, 0.5) is 18.9 Å². The lowest BCUT2D eigenvalue weighted by molar-refractivity contribution is -0.274. The number of aromatic amines is 1. The molecule has 0 radical (unpaired) electrons. The fourth-order valence-electron chi connectivity index (χ4n) is 2.34. The Kier molecular flexibility index (Phi) is 4.81. The van der Waals surface area contributed by atoms with E-state index in [1.807, 2.05) is 6.07 Å². The second-order valence-corrected chi connectivity index (χ2v) is 5.57. The Morgan fingerprint density at radius 2 is 1.85 bits per heavy atom. The van der Waals surface area contributed by atoms with E-state index in [1.165, 1.54) is 22.9 Å². The third kappa shape index (κ3) is 4.12. The van der Waals surface area contributed by atoms with E-state index in [2.05, 4.69) is 15.0 Å². The molecule has 0 unspecified atom stereocenters. The number of anilines is 1. The summed E-state index contributed by atoms with van der Waals surface area (Å²) in [5, 5.41) is 2.53. The van der Waals surface area contributed by atoms with Crippen LogP contribution in [0.1, 0.15) is 10.5 Å². The molecule has 0 aliphatic heterocycles. The number of benzene rings is 2. The average Bonchev–Trinajstić information content (AvgIpc) is 2.96. The lowest BCUT2D eigenvalue weighted by atomic mass is 10.2. The van der Waals surface area contributed by atoms with Gasteiger partial charge in [0.15, 0.2) is 4.77 Å². The van der Waals surface area contributed by atoms with Crippen molar-refractivity contribution in [1.82, 2.24) is 9.55 Å². The van der Waals surface area contributed by atoms with Gasteiger partial charge in [0.2, 0.25) is 0 Å². The van der Waals surface area contributed by atoms with Crippen molar-refractivity contribution in [3.63, 3.8) is 0 Å². The van der Waals surface area contributed by atoms with E-state index in [-0.39, 0.29) is 11.4 Å². The zero-order valence-electron chi connectivity index (χ0n) is 13.1. The summed E-state index contributed by atoms with van der Waals surface area (Å²) in [4.78, 5) is 15.3. The van der Waals surface area contributed by atoms with Crippen molar-refractivity contribution in [3.8, 4) is 11.4 Å². The minimum absolute atomic E-state index is 0.156. The van der Waals surface area contributed by atoms with E-state index in [1.54, 1.807) is 24.3 Å². The van der Waals surface area contributed by atoms with Crippen LogP contribution in [0.25, 0.3) is 5.69 Å². The molecule has 0 fully saturated rings. The van der Waals surface area contributed by atoms with Crippen LogP contribution in [0.5, 0.6) is 5.75 Å². The maximum Gasteiger partial charge on any atom is 0.573 e. The molecule has 3 aromatic rings. The number of alkyl halides is 3. The van der Waals surface area contributed by atoms with Gasteiger partial charge in [0.05, 0.1) is 0 Å². The number of nitrogens with zero attached hydrogens (tertiary/aromatic N) is 1. The van der Waals surface area contributed by atoms with Crippen LogP contribution in [0.15, 0.2) is 60.8 Å². The Hall–Kier alpha value is -3.07. The number of halogens is 3. The summed E-state index contributed by atoms with van der Waals surface area (Å²) in [5.74, 6) is -0.963. The van der Waals surface area contributed by atoms with Crippen LogP contribution in [0.3, 0.4) is 0 Å². The first-order valence-electron chi connectivity index (χ1n) is 7.36. The van der Waals surface area contributed by atoms with Crippen LogP contribution >= 0.6 is 12.2 Å². The molecule has 0 atom stereocenters. The molecular formula is C17H12F3N3O2S. The lowest BCUT2D eigenvalue weighted by Crippen LogP contribution is -2.18. The number of hydrogen-bond donors (Lipinski definition) is 2. The number of ether oxygens (including phenoxy) is 1. The van der Waals surface area contributed by atoms with Crippen LogP contribution in [0, 0.1) is 4.77 Å². The molecule has 0 aliphatic carbocycles. The highest BCUT2D eigenvalue weighted by atomic mass is 32.1. The maximum absolute atomic E-state index is 12.6. The van der Waals surface area contributed by atoms with Gasteiger partial charge >= 0.3 is 6.36 Å². The van der Waals surface area contributed by atoms with Gasteiger partial charge in [-0.05, 0) is 36.5 Å². The van der Waals surface area contributed by atoms with Crippen molar-refractivity contribution >= 4 is 23.8 Å². The predicted octanol–water partition coefficient (Wildman–Crippen LogP) is 4.69. The van der Waals surface area contributed by atoms with Crippen molar-refractivity contribution in [2.45, 2.75) is 6.36 Å². The summed E-state index contributed by atoms with van der Waals surface area (Å²) in [7, 11) is 0. The Bertz CT molecular complexity index is 981. The summed E-state index contributed by atoms with van der Waals surface area (Å²) < 4.78 is 42.6. The van der Waals surface area contributed by atoms with E-state index in [9.17, 15) is 18.0 Å². The molecule has 0 saturated heterocycles. The van der Waals surface area contributed by atoms with Crippen molar-refractivity contribution in [2.24, 2.45) is 0 Å². The minimum Gasteiger partial charge on any atom is -0.406 e. The number of H-pyrrole nitrogens is 1. The first-order valence-corrected chi connectivity index (χ1v) is 7.77. The third-order valence-electron chi connectivity index (χ3n) is 3.35. The van der Waals surface area contributed by atoms with E-state index in [0.29, 0.717) is 10.5 Å². The van der Waals surface area contributed by atoms with Gasteiger partial charge in [-0.15, -0.1) is 13.2 Å². The first kappa shape index (κ1) is 17.7. The monoisotopic (exact) mass is 379 g/mol. The second-order valence-electron chi connectivity index (χ2n) is 5.18. The summed E-state index contributed by atoms with van der Waals surface area (Å²) in [5.41, 5.74) is 1.05. The standard InChI is InChI=1S/C17H12F3N3O2S/c18-17(19,20)25-13-8-4-5-11(9-13)22-15(24)14-10-21-16(26)23(14)12-6-2-1-3-7-12/h1-10H,(H,21,26)(H,22,24). The fourth-order valence-corrected chi connectivity index (χ4v) is 2.60. The van der Waals surface area contributed by atoms with Crippen molar-refractivity contribution in [1.29, 1.82) is 0 Å². The molecule has 2 aromatic carbocycles. The van der Waals surface area contributed by atoms with Gasteiger partial charge < -0.3 is 15.0 Å². The first-order chi connectivity index (χ1) is 12.3. The molecule has 3 rings (SSSR count). The quantitative estimate of drug-likeness (QED) is 0.647. The largest absolute Gasteiger partial charge is 0.573 e. The SMILES string of the molecule is O=C(Nc1cccc(OC(F)(F)F)c1)c1c[nH]c(=S)n1-c1ccccc1. The lowest BCUT2D eigenvalue weighted by Gasteiger charge is -2.11. The Balaban J connectivity index is 1.86. The number of imidazole rings is 1. The summed E-state index contributed by atoms with van der Waals surface area (Å²) in [6.45, 7) is 0. The second kappa shape index (κ2) is 7.04. The van der Waals surface area contributed by atoms with E-state index in [0.717, 1.165) is 12.1 Å². The van der Waals surface area contributed by atoms with E-state index >= 15 is 0 Å². The molecule has 5 nitrogen and oxygen atoms in total. The maximum atomic E-state index is 12.6. The Morgan fingerprint density at radius 3 is 2.54 bits per heavy atom. The highest BCUT2D eigenvalue weighted by Gasteiger charge is 2.31. The van der Waals surface area contributed by atoms with Gasteiger partial charge in [-0.2, -0.15) is 0 Å². The molecule has 1 heterocycles. The Morgan fingerprint density at radius 1 is 1.12 bits per heavy atom. The summed E-state index contributed by atoms with van der Waals surface area (Å²) in [6, 6.07) is 14.0. The van der Waals surface area contributed by atoms with Crippen LogP contribution in [-0.4, -0.2) is 21.8 Å². The molecule has 2 N–H and O–H groups in total.